The molecule has 17 heavy (non-hydrogen) atoms. The molecule has 4 nitrogen and oxygen atoms in total. The summed E-state index contributed by atoms with van der Waals surface area (Å²) < 4.78 is 5.22. The van der Waals surface area contributed by atoms with Crippen LogP contribution in [0.1, 0.15) is 32.4 Å². The molecule has 0 saturated carbocycles. The van der Waals surface area contributed by atoms with Crippen molar-refractivity contribution in [1.82, 2.24) is 10.3 Å². The predicted octanol–water partition coefficient (Wildman–Crippen LogP) is 1.69. The Hall–Kier alpha value is -1.13. The van der Waals surface area contributed by atoms with Crippen molar-refractivity contribution < 1.29 is 9.84 Å². The molecule has 1 rings (SSSR count). The van der Waals surface area contributed by atoms with E-state index < -0.39 is 5.60 Å². The Bertz CT molecular complexity index is 340. The topological polar surface area (TPSA) is 54.4 Å². The number of aromatic nitrogens is 1. The molecule has 2 N–H and O–H groups in total. The highest BCUT2D eigenvalue weighted by Crippen LogP contribution is 2.29. The van der Waals surface area contributed by atoms with Crippen LogP contribution in [0.2, 0.25) is 0 Å². The van der Waals surface area contributed by atoms with Crippen molar-refractivity contribution in [2.75, 3.05) is 20.2 Å². The number of ether oxygens (including phenoxy) is 1. The lowest BCUT2D eigenvalue weighted by molar-refractivity contribution is 0.0409. The Morgan fingerprint density at radius 3 is 2.88 bits per heavy atom. The number of hydrogen-bond donors (Lipinski definition) is 2. The zero-order chi connectivity index (χ0) is 12.7. The van der Waals surface area contributed by atoms with E-state index in [2.05, 4.69) is 17.2 Å². The Balaban J connectivity index is 2.67. The van der Waals surface area contributed by atoms with Crippen molar-refractivity contribution >= 4 is 0 Å². The van der Waals surface area contributed by atoms with Crippen molar-refractivity contribution in [2.24, 2.45) is 0 Å². The molecule has 0 aliphatic heterocycles. The normalized spacial score (nSPS) is 14.4. The number of aliphatic hydroxyl groups is 1. The minimum atomic E-state index is -0.965. The van der Waals surface area contributed by atoms with Gasteiger partial charge in [-0.1, -0.05) is 6.92 Å². The van der Waals surface area contributed by atoms with Gasteiger partial charge in [-0.2, -0.15) is 0 Å². The van der Waals surface area contributed by atoms with Gasteiger partial charge in [0.2, 0.25) is 0 Å². The summed E-state index contributed by atoms with van der Waals surface area (Å²) >= 11 is 0. The van der Waals surface area contributed by atoms with E-state index in [-0.39, 0.29) is 0 Å². The van der Waals surface area contributed by atoms with Crippen molar-refractivity contribution in [3.8, 4) is 5.75 Å². The second kappa shape index (κ2) is 6.57. The van der Waals surface area contributed by atoms with Gasteiger partial charge >= 0.3 is 0 Å². The third kappa shape index (κ3) is 3.98. The number of methoxy groups -OCH3 is 1. The summed E-state index contributed by atoms with van der Waals surface area (Å²) in [5, 5.41) is 13.7. The molecule has 0 radical (unpaired) electrons. The molecule has 4 heteroatoms. The average Bonchev–Trinajstić information content (AvgIpc) is 2.34. The van der Waals surface area contributed by atoms with Crippen LogP contribution in [0.3, 0.4) is 0 Å². The number of nitrogens with one attached hydrogen (secondary N) is 1. The van der Waals surface area contributed by atoms with Crippen LogP contribution in [-0.2, 0) is 5.60 Å². The molecule has 0 saturated heterocycles. The molecule has 0 fully saturated rings. The second-order valence-corrected chi connectivity index (χ2v) is 4.33. The van der Waals surface area contributed by atoms with Crippen molar-refractivity contribution in [2.45, 2.75) is 32.3 Å². The standard InChI is InChI=1S/C13H22N2O2/c1-4-8-14-10-7-13(2,16)12-11(17-3)6-5-9-15-12/h5-6,9,14,16H,4,7-8,10H2,1-3H3. The summed E-state index contributed by atoms with van der Waals surface area (Å²) in [5.41, 5.74) is -0.367. The molecule has 0 aliphatic rings. The molecule has 1 atom stereocenters. The van der Waals surface area contributed by atoms with E-state index in [9.17, 15) is 5.11 Å². The van der Waals surface area contributed by atoms with E-state index in [1.807, 2.05) is 6.07 Å². The van der Waals surface area contributed by atoms with Gasteiger partial charge in [0.1, 0.15) is 17.0 Å². The molecule has 1 heterocycles. The highest BCUT2D eigenvalue weighted by molar-refractivity contribution is 5.31. The third-order valence-electron chi connectivity index (χ3n) is 2.72. The maximum absolute atomic E-state index is 10.4. The van der Waals surface area contributed by atoms with Gasteiger partial charge in [0.05, 0.1) is 7.11 Å². The van der Waals surface area contributed by atoms with E-state index in [0.29, 0.717) is 17.9 Å². The van der Waals surface area contributed by atoms with Gasteiger partial charge in [0.15, 0.2) is 0 Å². The second-order valence-electron chi connectivity index (χ2n) is 4.33. The van der Waals surface area contributed by atoms with Crippen molar-refractivity contribution in [1.29, 1.82) is 0 Å². The SMILES string of the molecule is CCCNCCC(C)(O)c1ncccc1OC. The molecular formula is C13H22N2O2. The van der Waals surface area contributed by atoms with E-state index in [1.165, 1.54) is 0 Å². The summed E-state index contributed by atoms with van der Waals surface area (Å²) in [6.45, 7) is 5.62. The van der Waals surface area contributed by atoms with Gasteiger partial charge in [-0.15, -0.1) is 0 Å². The highest BCUT2D eigenvalue weighted by atomic mass is 16.5. The summed E-state index contributed by atoms with van der Waals surface area (Å²) in [5.74, 6) is 0.632. The summed E-state index contributed by atoms with van der Waals surface area (Å²) in [4.78, 5) is 4.22. The minimum absolute atomic E-state index is 0.598. The number of nitrogens with zero attached hydrogens (tertiary/aromatic N) is 1. The Labute approximate surface area is 103 Å². The van der Waals surface area contributed by atoms with Crippen LogP contribution in [-0.4, -0.2) is 30.3 Å². The first kappa shape index (κ1) is 13.9. The molecule has 1 aromatic rings. The molecule has 96 valence electrons. The first-order chi connectivity index (χ1) is 8.11. The summed E-state index contributed by atoms with van der Waals surface area (Å²) in [6, 6.07) is 3.62. The van der Waals surface area contributed by atoms with Crippen LogP contribution >= 0.6 is 0 Å². The van der Waals surface area contributed by atoms with Crippen molar-refractivity contribution in [3.05, 3.63) is 24.0 Å². The van der Waals surface area contributed by atoms with Gasteiger partial charge in [-0.25, -0.2) is 0 Å². The lowest BCUT2D eigenvalue weighted by Gasteiger charge is -2.24. The van der Waals surface area contributed by atoms with Gasteiger partial charge in [-0.3, -0.25) is 4.98 Å². The maximum Gasteiger partial charge on any atom is 0.143 e. The number of pyridine rings is 1. The molecule has 0 spiro atoms. The summed E-state index contributed by atoms with van der Waals surface area (Å²) in [7, 11) is 1.59. The summed E-state index contributed by atoms with van der Waals surface area (Å²) in [6.07, 6.45) is 3.38. The average molecular weight is 238 g/mol. The predicted molar refractivity (Wildman–Crippen MR) is 68.1 cm³/mol. The molecule has 0 aliphatic carbocycles. The van der Waals surface area contributed by atoms with Crippen LogP contribution in [0.25, 0.3) is 0 Å². The van der Waals surface area contributed by atoms with Gasteiger partial charge in [0, 0.05) is 6.20 Å². The van der Waals surface area contributed by atoms with Gasteiger partial charge < -0.3 is 15.2 Å². The quantitative estimate of drug-likeness (QED) is 0.710. The van der Waals surface area contributed by atoms with Crippen LogP contribution in [0, 0.1) is 0 Å². The third-order valence-corrected chi connectivity index (χ3v) is 2.72. The maximum atomic E-state index is 10.4. The Kier molecular flexibility index (Phi) is 5.38. The molecule has 0 aromatic carbocycles. The first-order valence-corrected chi connectivity index (χ1v) is 6.04. The fourth-order valence-corrected chi connectivity index (χ4v) is 1.71. The largest absolute Gasteiger partial charge is 0.495 e. The minimum Gasteiger partial charge on any atom is -0.495 e. The molecule has 0 amide bonds. The molecule has 1 unspecified atom stereocenters. The van der Waals surface area contributed by atoms with E-state index in [0.717, 1.165) is 19.5 Å². The van der Waals surface area contributed by atoms with Crippen molar-refractivity contribution in [3.63, 3.8) is 0 Å². The number of hydrogen-bond acceptors (Lipinski definition) is 4. The van der Waals surface area contributed by atoms with Crippen LogP contribution < -0.4 is 10.1 Å². The van der Waals surface area contributed by atoms with Crippen LogP contribution in [0.5, 0.6) is 5.75 Å². The smallest absolute Gasteiger partial charge is 0.143 e. The van der Waals surface area contributed by atoms with Crippen LogP contribution in [0.4, 0.5) is 0 Å². The van der Waals surface area contributed by atoms with E-state index in [4.69, 9.17) is 4.74 Å². The lowest BCUT2D eigenvalue weighted by atomic mass is 9.96. The van der Waals surface area contributed by atoms with Gasteiger partial charge in [0.25, 0.3) is 0 Å². The number of rotatable bonds is 7. The zero-order valence-corrected chi connectivity index (χ0v) is 10.9. The molecule has 1 aromatic heterocycles. The van der Waals surface area contributed by atoms with E-state index in [1.54, 1.807) is 26.3 Å². The molecule has 0 bridgehead atoms. The lowest BCUT2D eigenvalue weighted by Crippen LogP contribution is -2.29. The fraction of sp³-hybridized carbons (Fsp3) is 0.615. The monoisotopic (exact) mass is 238 g/mol. The first-order valence-electron chi connectivity index (χ1n) is 6.04. The Morgan fingerprint density at radius 1 is 1.47 bits per heavy atom. The van der Waals surface area contributed by atoms with E-state index >= 15 is 0 Å². The van der Waals surface area contributed by atoms with Crippen LogP contribution in [0.15, 0.2) is 18.3 Å². The molecular weight excluding hydrogens is 216 g/mol. The fourth-order valence-electron chi connectivity index (χ4n) is 1.71. The highest BCUT2D eigenvalue weighted by Gasteiger charge is 2.27. The Morgan fingerprint density at radius 2 is 2.24 bits per heavy atom. The zero-order valence-electron chi connectivity index (χ0n) is 10.9. The van der Waals surface area contributed by atoms with Gasteiger partial charge in [-0.05, 0) is 45.0 Å².